The van der Waals surface area contributed by atoms with Gasteiger partial charge in [-0.05, 0) is 48.0 Å². The van der Waals surface area contributed by atoms with Crippen molar-refractivity contribution in [3.63, 3.8) is 0 Å². The topological polar surface area (TPSA) is 12.9 Å². The SMILES string of the molecule is Clc1ccc(Sc2c(-c3ccccc3)nc3ccc(Cl)cc3c2-c2ccccc2)cc1. The molecular weight excluding hydrogens is 441 g/mol. The van der Waals surface area contributed by atoms with Crippen molar-refractivity contribution >= 4 is 45.9 Å². The van der Waals surface area contributed by atoms with Crippen molar-refractivity contribution < 1.29 is 0 Å². The Balaban J connectivity index is 1.86. The molecule has 0 saturated heterocycles. The number of fused-ring (bicyclic) bond motifs is 1. The third-order valence-corrected chi connectivity index (χ3v) is 6.64. The molecule has 1 nitrogen and oxygen atoms in total. The molecule has 1 aromatic heterocycles. The smallest absolute Gasteiger partial charge is 0.0855 e. The van der Waals surface area contributed by atoms with Crippen LogP contribution in [0.25, 0.3) is 33.3 Å². The Morgan fingerprint density at radius 3 is 1.90 bits per heavy atom. The quantitative estimate of drug-likeness (QED) is 0.266. The lowest BCUT2D eigenvalue weighted by atomic mass is 9.98. The number of benzene rings is 4. The lowest BCUT2D eigenvalue weighted by Crippen LogP contribution is -1.95. The maximum absolute atomic E-state index is 6.42. The second-order valence-corrected chi connectivity index (χ2v) is 9.07. The largest absolute Gasteiger partial charge is 0.247 e. The van der Waals surface area contributed by atoms with Gasteiger partial charge in [-0.15, -0.1) is 0 Å². The van der Waals surface area contributed by atoms with Gasteiger partial charge in [-0.2, -0.15) is 0 Å². The van der Waals surface area contributed by atoms with Crippen LogP contribution < -0.4 is 0 Å². The monoisotopic (exact) mass is 457 g/mol. The highest BCUT2D eigenvalue weighted by Crippen LogP contribution is 2.45. The van der Waals surface area contributed by atoms with E-state index in [1.54, 1.807) is 11.8 Å². The first-order valence-electron chi connectivity index (χ1n) is 9.86. The van der Waals surface area contributed by atoms with Crippen molar-refractivity contribution in [1.29, 1.82) is 0 Å². The first-order chi connectivity index (χ1) is 15.2. The zero-order valence-corrected chi connectivity index (χ0v) is 18.8. The van der Waals surface area contributed by atoms with Gasteiger partial charge < -0.3 is 0 Å². The second kappa shape index (κ2) is 8.76. The maximum Gasteiger partial charge on any atom is 0.0855 e. The number of aromatic nitrogens is 1. The van der Waals surface area contributed by atoms with Crippen LogP contribution in [0.5, 0.6) is 0 Å². The third kappa shape index (κ3) is 4.20. The molecule has 5 aromatic rings. The highest BCUT2D eigenvalue weighted by Gasteiger charge is 2.19. The predicted octanol–water partition coefficient (Wildman–Crippen LogP) is 9.03. The van der Waals surface area contributed by atoms with Gasteiger partial charge in [-0.3, -0.25) is 0 Å². The van der Waals surface area contributed by atoms with Crippen LogP contribution in [0, 0.1) is 0 Å². The number of hydrogen-bond acceptors (Lipinski definition) is 2. The molecule has 4 heteroatoms. The van der Waals surface area contributed by atoms with Gasteiger partial charge in [0.05, 0.1) is 11.2 Å². The van der Waals surface area contributed by atoms with Crippen LogP contribution in [0.1, 0.15) is 0 Å². The number of hydrogen-bond donors (Lipinski definition) is 0. The van der Waals surface area contributed by atoms with E-state index in [1.165, 1.54) is 0 Å². The zero-order chi connectivity index (χ0) is 21.2. The van der Waals surface area contributed by atoms with Crippen LogP contribution >= 0.6 is 35.0 Å². The molecule has 0 amide bonds. The van der Waals surface area contributed by atoms with Crippen molar-refractivity contribution in [3.8, 4) is 22.4 Å². The van der Waals surface area contributed by atoms with E-state index in [1.807, 2.05) is 66.7 Å². The zero-order valence-electron chi connectivity index (χ0n) is 16.4. The average Bonchev–Trinajstić information content (AvgIpc) is 2.81. The van der Waals surface area contributed by atoms with Crippen LogP contribution in [0.4, 0.5) is 0 Å². The summed E-state index contributed by atoms with van der Waals surface area (Å²) in [6, 6.07) is 34.5. The molecule has 4 aromatic carbocycles. The molecular formula is C27H17Cl2NS. The molecule has 0 N–H and O–H groups in total. The highest BCUT2D eigenvalue weighted by molar-refractivity contribution is 7.99. The Hall–Kier alpha value is -2.78. The van der Waals surface area contributed by atoms with E-state index in [2.05, 4.69) is 36.4 Å². The molecule has 0 radical (unpaired) electrons. The fraction of sp³-hybridized carbons (Fsp3) is 0. The Kier molecular flexibility index (Phi) is 5.69. The van der Waals surface area contributed by atoms with Gasteiger partial charge in [0, 0.05) is 36.3 Å². The molecule has 0 fully saturated rings. The fourth-order valence-electron chi connectivity index (χ4n) is 3.62. The second-order valence-electron chi connectivity index (χ2n) is 7.11. The van der Waals surface area contributed by atoms with E-state index in [0.29, 0.717) is 5.02 Å². The van der Waals surface area contributed by atoms with E-state index in [-0.39, 0.29) is 0 Å². The molecule has 0 bridgehead atoms. The van der Waals surface area contributed by atoms with E-state index >= 15 is 0 Å². The lowest BCUT2D eigenvalue weighted by Gasteiger charge is -2.18. The molecule has 0 spiro atoms. The molecule has 0 aliphatic heterocycles. The van der Waals surface area contributed by atoms with Crippen LogP contribution in [0.15, 0.2) is 113 Å². The third-order valence-electron chi connectivity index (χ3n) is 5.05. The number of nitrogens with zero attached hydrogens (tertiary/aromatic N) is 1. The molecule has 0 atom stereocenters. The van der Waals surface area contributed by atoms with E-state index in [9.17, 15) is 0 Å². The van der Waals surface area contributed by atoms with Crippen LogP contribution in [0.2, 0.25) is 10.0 Å². The highest BCUT2D eigenvalue weighted by atomic mass is 35.5. The first-order valence-corrected chi connectivity index (χ1v) is 11.4. The summed E-state index contributed by atoms with van der Waals surface area (Å²) in [6.45, 7) is 0. The summed E-state index contributed by atoms with van der Waals surface area (Å²) in [5.74, 6) is 0. The fourth-order valence-corrected chi connectivity index (χ4v) is 5.02. The molecule has 1 heterocycles. The van der Waals surface area contributed by atoms with Crippen molar-refractivity contribution in [2.24, 2.45) is 0 Å². The van der Waals surface area contributed by atoms with Gasteiger partial charge in [-0.25, -0.2) is 4.98 Å². The molecule has 0 aliphatic carbocycles. The van der Waals surface area contributed by atoms with Crippen LogP contribution in [-0.4, -0.2) is 4.98 Å². The molecule has 31 heavy (non-hydrogen) atoms. The molecule has 0 unspecified atom stereocenters. The van der Waals surface area contributed by atoms with Crippen molar-refractivity contribution in [1.82, 2.24) is 4.98 Å². The van der Waals surface area contributed by atoms with Gasteiger partial charge in [0.2, 0.25) is 0 Å². The molecule has 0 aliphatic rings. The lowest BCUT2D eigenvalue weighted by molar-refractivity contribution is 1.29. The molecule has 0 saturated carbocycles. The Morgan fingerprint density at radius 1 is 0.613 bits per heavy atom. The summed E-state index contributed by atoms with van der Waals surface area (Å²) in [5, 5.41) is 2.45. The average molecular weight is 458 g/mol. The summed E-state index contributed by atoms with van der Waals surface area (Å²) in [6.07, 6.45) is 0. The van der Waals surface area contributed by atoms with Crippen LogP contribution in [-0.2, 0) is 0 Å². The Morgan fingerprint density at radius 2 is 1.23 bits per heavy atom. The minimum absolute atomic E-state index is 0.696. The van der Waals surface area contributed by atoms with Crippen LogP contribution in [0.3, 0.4) is 0 Å². The summed E-state index contributed by atoms with van der Waals surface area (Å²) >= 11 is 14.2. The van der Waals surface area contributed by atoms with E-state index < -0.39 is 0 Å². The minimum Gasteiger partial charge on any atom is -0.247 e. The summed E-state index contributed by atoms with van der Waals surface area (Å²) < 4.78 is 0. The number of halogens is 2. The van der Waals surface area contributed by atoms with Gasteiger partial charge in [0.1, 0.15) is 0 Å². The van der Waals surface area contributed by atoms with Gasteiger partial charge in [-0.1, -0.05) is 95.6 Å². The first kappa shape index (κ1) is 20.1. The summed E-state index contributed by atoms with van der Waals surface area (Å²) in [5.41, 5.74) is 5.21. The number of rotatable bonds is 4. The Bertz CT molecular complexity index is 1350. The van der Waals surface area contributed by atoms with Gasteiger partial charge >= 0.3 is 0 Å². The van der Waals surface area contributed by atoms with E-state index in [0.717, 1.165) is 48.1 Å². The normalized spacial score (nSPS) is 11.0. The maximum atomic E-state index is 6.42. The minimum atomic E-state index is 0.696. The predicted molar refractivity (Wildman–Crippen MR) is 133 cm³/mol. The van der Waals surface area contributed by atoms with Gasteiger partial charge in [0.25, 0.3) is 0 Å². The van der Waals surface area contributed by atoms with Crippen molar-refractivity contribution in [2.75, 3.05) is 0 Å². The molecule has 5 rings (SSSR count). The standard InChI is InChI=1S/C27H17Cl2NS/c28-20-11-14-22(15-12-20)31-27-25(18-7-3-1-4-8-18)23-17-21(29)13-16-24(23)30-26(27)19-9-5-2-6-10-19/h1-17H. The van der Waals surface area contributed by atoms with Gasteiger partial charge in [0.15, 0.2) is 0 Å². The molecule has 150 valence electrons. The summed E-state index contributed by atoms with van der Waals surface area (Å²) in [4.78, 5) is 7.27. The van der Waals surface area contributed by atoms with E-state index in [4.69, 9.17) is 28.2 Å². The van der Waals surface area contributed by atoms with Crippen molar-refractivity contribution in [2.45, 2.75) is 9.79 Å². The van der Waals surface area contributed by atoms with Crippen molar-refractivity contribution in [3.05, 3.63) is 113 Å². The Labute approximate surface area is 195 Å². The summed E-state index contributed by atoms with van der Waals surface area (Å²) in [7, 11) is 0. The number of pyridine rings is 1.